The minimum absolute atomic E-state index is 0.139. The Hall–Kier alpha value is -0.970. The van der Waals surface area contributed by atoms with Crippen molar-refractivity contribution in [3.8, 4) is 12.3 Å². The van der Waals surface area contributed by atoms with Gasteiger partial charge in [-0.3, -0.25) is 4.79 Å². The lowest BCUT2D eigenvalue weighted by molar-refractivity contribution is -0.122. The third-order valence-electron chi connectivity index (χ3n) is 1.52. The Morgan fingerprint density at radius 2 is 2.18 bits per heavy atom. The lowest BCUT2D eigenvalue weighted by Gasteiger charge is -2.11. The van der Waals surface area contributed by atoms with Crippen molar-refractivity contribution in [2.75, 3.05) is 0 Å². The molecule has 0 aromatic carbocycles. The van der Waals surface area contributed by atoms with E-state index in [0.717, 1.165) is 6.42 Å². The molecule has 2 nitrogen and oxygen atoms in total. The molecule has 0 aromatic heterocycles. The molecule has 1 atom stereocenters. The topological polar surface area (TPSA) is 43.1 Å². The molecule has 0 saturated carbocycles. The van der Waals surface area contributed by atoms with E-state index in [4.69, 9.17) is 12.2 Å². The first-order valence-electron chi connectivity index (χ1n) is 3.80. The zero-order valence-electron chi connectivity index (χ0n) is 7.13. The highest BCUT2D eigenvalue weighted by molar-refractivity contribution is 5.76. The van der Waals surface area contributed by atoms with Crippen LogP contribution >= 0.6 is 0 Å². The van der Waals surface area contributed by atoms with E-state index in [9.17, 15) is 4.79 Å². The van der Waals surface area contributed by atoms with Crippen LogP contribution in [0, 0.1) is 24.2 Å². The summed E-state index contributed by atoms with van der Waals surface area (Å²) in [5.74, 6) is 2.51. The third kappa shape index (κ3) is 4.44. The fourth-order valence-corrected chi connectivity index (χ4v) is 1.01. The maximum atomic E-state index is 10.8. The zero-order valence-corrected chi connectivity index (χ0v) is 7.13. The van der Waals surface area contributed by atoms with Crippen LogP contribution in [0.15, 0.2) is 0 Å². The standard InChI is InChI=1S/C9H15NO/c1-4-5-8(9(10)11)6-7(2)3/h1,7-8H,5-6H2,2-3H3,(H2,10,11). The minimum Gasteiger partial charge on any atom is -0.369 e. The molecular weight excluding hydrogens is 138 g/mol. The number of hydrogen-bond acceptors (Lipinski definition) is 1. The number of nitrogens with two attached hydrogens (primary N) is 1. The lowest BCUT2D eigenvalue weighted by Crippen LogP contribution is -2.24. The summed E-state index contributed by atoms with van der Waals surface area (Å²) >= 11 is 0. The highest BCUT2D eigenvalue weighted by Gasteiger charge is 2.14. The second kappa shape index (κ2) is 4.79. The number of primary amides is 1. The second-order valence-electron chi connectivity index (χ2n) is 3.14. The number of amides is 1. The molecule has 0 aliphatic rings. The van der Waals surface area contributed by atoms with Crippen molar-refractivity contribution in [2.45, 2.75) is 26.7 Å². The first kappa shape index (κ1) is 10.0. The summed E-state index contributed by atoms with van der Waals surface area (Å²) in [5.41, 5.74) is 5.14. The molecule has 0 aromatic rings. The van der Waals surface area contributed by atoms with E-state index in [1.165, 1.54) is 0 Å². The van der Waals surface area contributed by atoms with Crippen LogP contribution < -0.4 is 5.73 Å². The van der Waals surface area contributed by atoms with Gasteiger partial charge in [0.2, 0.25) is 5.91 Å². The van der Waals surface area contributed by atoms with Gasteiger partial charge in [0, 0.05) is 12.3 Å². The van der Waals surface area contributed by atoms with Gasteiger partial charge in [-0.1, -0.05) is 13.8 Å². The molecule has 2 heteroatoms. The number of hydrogen-bond donors (Lipinski definition) is 1. The quantitative estimate of drug-likeness (QED) is 0.605. The summed E-state index contributed by atoms with van der Waals surface area (Å²) in [6, 6.07) is 0. The van der Waals surface area contributed by atoms with Crippen LogP contribution in [0.2, 0.25) is 0 Å². The van der Waals surface area contributed by atoms with Crippen LogP contribution in [0.3, 0.4) is 0 Å². The number of rotatable bonds is 4. The first-order chi connectivity index (χ1) is 5.07. The molecule has 62 valence electrons. The van der Waals surface area contributed by atoms with Crippen molar-refractivity contribution in [1.82, 2.24) is 0 Å². The van der Waals surface area contributed by atoms with E-state index in [1.807, 2.05) is 13.8 Å². The molecule has 0 aliphatic carbocycles. The molecule has 0 aliphatic heterocycles. The molecule has 0 spiro atoms. The summed E-state index contributed by atoms with van der Waals surface area (Å²) in [7, 11) is 0. The molecule has 0 bridgehead atoms. The maximum absolute atomic E-state index is 10.8. The van der Waals surface area contributed by atoms with E-state index in [2.05, 4.69) is 5.92 Å². The van der Waals surface area contributed by atoms with Crippen molar-refractivity contribution in [3.05, 3.63) is 0 Å². The van der Waals surface area contributed by atoms with Gasteiger partial charge in [0.1, 0.15) is 0 Å². The van der Waals surface area contributed by atoms with E-state index in [0.29, 0.717) is 12.3 Å². The SMILES string of the molecule is C#CCC(CC(C)C)C(N)=O. The smallest absolute Gasteiger partial charge is 0.221 e. The van der Waals surface area contributed by atoms with E-state index in [-0.39, 0.29) is 11.8 Å². The van der Waals surface area contributed by atoms with E-state index < -0.39 is 0 Å². The predicted octanol–water partition coefficient (Wildman–Crippen LogP) is 1.16. The zero-order chi connectivity index (χ0) is 8.85. The molecule has 1 amide bonds. The maximum Gasteiger partial charge on any atom is 0.221 e. The molecular formula is C9H15NO. The summed E-state index contributed by atoms with van der Waals surface area (Å²) < 4.78 is 0. The van der Waals surface area contributed by atoms with Crippen molar-refractivity contribution in [1.29, 1.82) is 0 Å². The summed E-state index contributed by atoms with van der Waals surface area (Å²) in [6.45, 7) is 4.10. The Morgan fingerprint density at radius 3 is 2.45 bits per heavy atom. The van der Waals surface area contributed by atoms with Gasteiger partial charge in [-0.25, -0.2) is 0 Å². The minimum atomic E-state index is -0.281. The summed E-state index contributed by atoms with van der Waals surface area (Å²) in [5, 5.41) is 0. The first-order valence-corrected chi connectivity index (χ1v) is 3.80. The van der Waals surface area contributed by atoms with Crippen LogP contribution in [0.1, 0.15) is 26.7 Å². The van der Waals surface area contributed by atoms with Gasteiger partial charge in [-0.15, -0.1) is 12.3 Å². The van der Waals surface area contributed by atoms with E-state index >= 15 is 0 Å². The van der Waals surface area contributed by atoms with Gasteiger partial charge in [-0.05, 0) is 12.3 Å². The Balaban J connectivity index is 3.92. The van der Waals surface area contributed by atoms with Crippen molar-refractivity contribution in [2.24, 2.45) is 17.6 Å². The Labute approximate surface area is 68.2 Å². The number of carbonyl (C=O) groups excluding carboxylic acids is 1. The van der Waals surface area contributed by atoms with Crippen LogP contribution in [-0.2, 0) is 4.79 Å². The predicted molar refractivity (Wildman–Crippen MR) is 45.6 cm³/mol. The number of terminal acetylenes is 1. The van der Waals surface area contributed by atoms with Crippen molar-refractivity contribution >= 4 is 5.91 Å². The fraction of sp³-hybridized carbons (Fsp3) is 0.667. The van der Waals surface area contributed by atoms with Crippen LogP contribution in [0.4, 0.5) is 0 Å². The molecule has 0 saturated heterocycles. The molecule has 1 unspecified atom stereocenters. The van der Waals surface area contributed by atoms with Crippen LogP contribution in [0.25, 0.3) is 0 Å². The van der Waals surface area contributed by atoms with Gasteiger partial charge < -0.3 is 5.73 Å². The molecule has 2 N–H and O–H groups in total. The Bertz CT molecular complexity index is 167. The summed E-state index contributed by atoms with van der Waals surface area (Å²) in [4.78, 5) is 10.8. The average molecular weight is 153 g/mol. The Morgan fingerprint density at radius 1 is 1.64 bits per heavy atom. The van der Waals surface area contributed by atoms with Gasteiger partial charge in [0.15, 0.2) is 0 Å². The third-order valence-corrected chi connectivity index (χ3v) is 1.52. The average Bonchev–Trinajstić information content (AvgIpc) is 1.86. The van der Waals surface area contributed by atoms with Gasteiger partial charge in [0.25, 0.3) is 0 Å². The van der Waals surface area contributed by atoms with E-state index in [1.54, 1.807) is 0 Å². The fourth-order valence-electron chi connectivity index (χ4n) is 1.01. The van der Waals surface area contributed by atoms with Gasteiger partial charge in [0.05, 0.1) is 0 Å². The summed E-state index contributed by atoms with van der Waals surface area (Å²) in [6.07, 6.45) is 6.34. The normalized spacial score (nSPS) is 12.5. The molecule has 0 rings (SSSR count). The van der Waals surface area contributed by atoms with Gasteiger partial charge >= 0.3 is 0 Å². The van der Waals surface area contributed by atoms with Crippen molar-refractivity contribution < 1.29 is 4.79 Å². The van der Waals surface area contributed by atoms with Gasteiger partial charge in [-0.2, -0.15) is 0 Å². The highest BCUT2D eigenvalue weighted by Crippen LogP contribution is 2.13. The molecule has 11 heavy (non-hydrogen) atoms. The number of carbonyl (C=O) groups is 1. The lowest BCUT2D eigenvalue weighted by atomic mass is 9.94. The molecule has 0 radical (unpaired) electrons. The van der Waals surface area contributed by atoms with Crippen molar-refractivity contribution in [3.63, 3.8) is 0 Å². The monoisotopic (exact) mass is 153 g/mol. The largest absolute Gasteiger partial charge is 0.369 e. The van der Waals surface area contributed by atoms with Crippen LogP contribution in [-0.4, -0.2) is 5.91 Å². The second-order valence-corrected chi connectivity index (χ2v) is 3.14. The molecule has 0 fully saturated rings. The molecule has 0 heterocycles. The Kier molecular flexibility index (Phi) is 4.36. The highest BCUT2D eigenvalue weighted by atomic mass is 16.1. The van der Waals surface area contributed by atoms with Crippen LogP contribution in [0.5, 0.6) is 0 Å².